The molecule has 3 N–H and O–H groups in total. The standard InChI is InChI=1S/C14H22N2O2/c1-10(11-6-13(17)8-14(18)7-11)15-9-12-4-3-5-16(12)2/h6-8,10,12,15,17-18H,3-5,9H2,1-2H3. The van der Waals surface area contributed by atoms with E-state index < -0.39 is 0 Å². The summed E-state index contributed by atoms with van der Waals surface area (Å²) < 4.78 is 0. The lowest BCUT2D eigenvalue weighted by Gasteiger charge is -2.23. The van der Waals surface area contributed by atoms with Gasteiger partial charge in [0.1, 0.15) is 11.5 Å². The first-order chi connectivity index (χ1) is 8.56. The number of likely N-dealkylation sites (N-methyl/N-ethyl adjacent to an activating group) is 1. The fourth-order valence-corrected chi connectivity index (χ4v) is 2.54. The van der Waals surface area contributed by atoms with Crippen molar-refractivity contribution in [2.75, 3.05) is 20.1 Å². The molecule has 0 aromatic heterocycles. The summed E-state index contributed by atoms with van der Waals surface area (Å²) in [5.74, 6) is 0.216. The van der Waals surface area contributed by atoms with E-state index in [9.17, 15) is 10.2 Å². The molecule has 2 rings (SSSR count). The molecule has 1 fully saturated rings. The Morgan fingerprint density at radius 1 is 1.33 bits per heavy atom. The van der Waals surface area contributed by atoms with Crippen LogP contribution < -0.4 is 5.32 Å². The molecule has 1 aromatic rings. The largest absolute Gasteiger partial charge is 0.508 e. The van der Waals surface area contributed by atoms with Gasteiger partial charge in [-0.3, -0.25) is 0 Å². The number of hydrogen-bond donors (Lipinski definition) is 3. The Morgan fingerprint density at radius 3 is 2.56 bits per heavy atom. The molecule has 2 atom stereocenters. The summed E-state index contributed by atoms with van der Waals surface area (Å²) >= 11 is 0. The molecule has 0 spiro atoms. The van der Waals surface area contributed by atoms with E-state index >= 15 is 0 Å². The number of hydrogen-bond acceptors (Lipinski definition) is 4. The highest BCUT2D eigenvalue weighted by Crippen LogP contribution is 2.25. The molecule has 18 heavy (non-hydrogen) atoms. The molecule has 0 radical (unpaired) electrons. The van der Waals surface area contributed by atoms with Crippen molar-refractivity contribution in [2.24, 2.45) is 0 Å². The second kappa shape index (κ2) is 5.59. The molecular weight excluding hydrogens is 228 g/mol. The molecule has 0 aliphatic carbocycles. The van der Waals surface area contributed by atoms with Crippen molar-refractivity contribution in [3.05, 3.63) is 23.8 Å². The summed E-state index contributed by atoms with van der Waals surface area (Å²) in [6, 6.07) is 5.45. The van der Waals surface area contributed by atoms with E-state index in [1.807, 2.05) is 6.92 Å². The monoisotopic (exact) mass is 250 g/mol. The van der Waals surface area contributed by atoms with E-state index in [2.05, 4.69) is 17.3 Å². The molecule has 100 valence electrons. The van der Waals surface area contributed by atoms with Gasteiger partial charge in [-0.1, -0.05) is 0 Å². The van der Waals surface area contributed by atoms with Gasteiger partial charge in [-0.15, -0.1) is 0 Å². The van der Waals surface area contributed by atoms with Crippen molar-refractivity contribution in [3.63, 3.8) is 0 Å². The first-order valence-corrected chi connectivity index (χ1v) is 6.53. The molecule has 0 bridgehead atoms. The minimum absolute atomic E-state index is 0.108. The average molecular weight is 250 g/mol. The maximum Gasteiger partial charge on any atom is 0.119 e. The van der Waals surface area contributed by atoms with Crippen LogP contribution in [0.25, 0.3) is 0 Å². The Balaban J connectivity index is 1.92. The van der Waals surface area contributed by atoms with Crippen molar-refractivity contribution in [3.8, 4) is 11.5 Å². The van der Waals surface area contributed by atoms with Gasteiger partial charge in [-0.25, -0.2) is 0 Å². The van der Waals surface area contributed by atoms with Crippen LogP contribution in [0.5, 0.6) is 11.5 Å². The third kappa shape index (κ3) is 3.15. The third-order valence-electron chi connectivity index (χ3n) is 3.76. The molecule has 4 heteroatoms. The number of aromatic hydroxyl groups is 2. The van der Waals surface area contributed by atoms with Crippen LogP contribution in [0.4, 0.5) is 0 Å². The van der Waals surface area contributed by atoms with Crippen molar-refractivity contribution >= 4 is 0 Å². The smallest absolute Gasteiger partial charge is 0.119 e. The molecule has 2 unspecified atom stereocenters. The van der Waals surface area contributed by atoms with Gasteiger partial charge in [-0.05, 0) is 51.1 Å². The molecule has 1 aliphatic rings. The summed E-state index contributed by atoms with van der Waals surface area (Å²) in [6.07, 6.45) is 2.51. The number of nitrogens with zero attached hydrogens (tertiary/aromatic N) is 1. The van der Waals surface area contributed by atoms with E-state index in [0.29, 0.717) is 6.04 Å². The van der Waals surface area contributed by atoms with Crippen LogP contribution in [0.3, 0.4) is 0 Å². The Labute approximate surface area is 108 Å². The van der Waals surface area contributed by atoms with Crippen molar-refractivity contribution in [2.45, 2.75) is 31.8 Å². The second-order valence-electron chi connectivity index (χ2n) is 5.19. The predicted molar refractivity (Wildman–Crippen MR) is 71.8 cm³/mol. The fraction of sp³-hybridized carbons (Fsp3) is 0.571. The first-order valence-electron chi connectivity index (χ1n) is 6.53. The van der Waals surface area contributed by atoms with Gasteiger partial charge < -0.3 is 20.4 Å². The van der Waals surface area contributed by atoms with Crippen molar-refractivity contribution < 1.29 is 10.2 Å². The van der Waals surface area contributed by atoms with Crippen LogP contribution in [-0.4, -0.2) is 41.3 Å². The van der Waals surface area contributed by atoms with E-state index in [1.165, 1.54) is 25.5 Å². The molecule has 1 saturated heterocycles. The predicted octanol–water partition coefficient (Wildman–Crippen LogP) is 1.84. The van der Waals surface area contributed by atoms with Crippen LogP contribution in [-0.2, 0) is 0 Å². The normalized spacial score (nSPS) is 22.2. The number of nitrogens with one attached hydrogen (secondary N) is 1. The summed E-state index contributed by atoms with van der Waals surface area (Å²) in [5.41, 5.74) is 0.910. The minimum atomic E-state index is 0.108. The summed E-state index contributed by atoms with van der Waals surface area (Å²) in [6.45, 7) is 4.16. The van der Waals surface area contributed by atoms with E-state index in [4.69, 9.17) is 0 Å². The molecule has 4 nitrogen and oxygen atoms in total. The van der Waals surface area contributed by atoms with Crippen LogP contribution in [0.2, 0.25) is 0 Å². The highest BCUT2D eigenvalue weighted by molar-refractivity contribution is 5.37. The summed E-state index contributed by atoms with van der Waals surface area (Å²) in [4.78, 5) is 2.37. The number of rotatable bonds is 4. The van der Waals surface area contributed by atoms with Crippen molar-refractivity contribution in [1.82, 2.24) is 10.2 Å². The van der Waals surface area contributed by atoms with Gasteiger partial charge in [0.15, 0.2) is 0 Å². The van der Waals surface area contributed by atoms with Gasteiger partial charge in [0.25, 0.3) is 0 Å². The molecule has 0 saturated carbocycles. The Bertz CT molecular complexity index is 389. The van der Waals surface area contributed by atoms with Gasteiger partial charge in [0.05, 0.1) is 0 Å². The van der Waals surface area contributed by atoms with Crippen LogP contribution >= 0.6 is 0 Å². The lowest BCUT2D eigenvalue weighted by Crippen LogP contribution is -2.36. The molecule has 1 heterocycles. The van der Waals surface area contributed by atoms with E-state index in [1.54, 1.807) is 12.1 Å². The number of benzene rings is 1. The van der Waals surface area contributed by atoms with Crippen LogP contribution in [0, 0.1) is 0 Å². The zero-order chi connectivity index (χ0) is 13.1. The van der Waals surface area contributed by atoms with E-state index in [-0.39, 0.29) is 17.5 Å². The average Bonchev–Trinajstić information content (AvgIpc) is 2.70. The zero-order valence-corrected chi connectivity index (χ0v) is 11.1. The first kappa shape index (κ1) is 13.2. The number of phenols is 2. The number of likely N-dealkylation sites (tertiary alicyclic amines) is 1. The third-order valence-corrected chi connectivity index (χ3v) is 3.76. The fourth-order valence-electron chi connectivity index (χ4n) is 2.54. The maximum absolute atomic E-state index is 9.47. The Morgan fingerprint density at radius 2 is 2.00 bits per heavy atom. The minimum Gasteiger partial charge on any atom is -0.508 e. The number of phenolic OH excluding ortho intramolecular Hbond substituents is 2. The Hall–Kier alpha value is -1.26. The molecule has 1 aromatic carbocycles. The Kier molecular flexibility index (Phi) is 4.09. The van der Waals surface area contributed by atoms with Crippen LogP contribution in [0.1, 0.15) is 31.4 Å². The SMILES string of the molecule is CC(NCC1CCCN1C)c1cc(O)cc(O)c1. The van der Waals surface area contributed by atoms with Crippen LogP contribution in [0.15, 0.2) is 18.2 Å². The lowest BCUT2D eigenvalue weighted by molar-refractivity contribution is 0.293. The van der Waals surface area contributed by atoms with Gasteiger partial charge in [-0.2, -0.15) is 0 Å². The molecule has 1 aliphatic heterocycles. The lowest BCUT2D eigenvalue weighted by atomic mass is 10.1. The second-order valence-corrected chi connectivity index (χ2v) is 5.19. The van der Waals surface area contributed by atoms with E-state index in [0.717, 1.165) is 12.1 Å². The highest BCUT2D eigenvalue weighted by Gasteiger charge is 2.21. The van der Waals surface area contributed by atoms with Gasteiger partial charge in [0, 0.05) is 24.7 Å². The molecular formula is C14H22N2O2. The zero-order valence-electron chi connectivity index (χ0n) is 11.1. The maximum atomic E-state index is 9.47. The van der Waals surface area contributed by atoms with Gasteiger partial charge >= 0.3 is 0 Å². The highest BCUT2D eigenvalue weighted by atomic mass is 16.3. The topological polar surface area (TPSA) is 55.7 Å². The summed E-state index contributed by atoms with van der Waals surface area (Å²) in [7, 11) is 2.16. The molecule has 0 amide bonds. The quantitative estimate of drug-likeness (QED) is 0.763. The summed E-state index contributed by atoms with van der Waals surface area (Å²) in [5, 5.41) is 22.4. The van der Waals surface area contributed by atoms with Crippen molar-refractivity contribution in [1.29, 1.82) is 0 Å². The van der Waals surface area contributed by atoms with Gasteiger partial charge in [0.2, 0.25) is 0 Å².